The third kappa shape index (κ3) is 12.5. The number of carboxylic acids is 4. The second-order valence-corrected chi connectivity index (χ2v) is 6.51. The second kappa shape index (κ2) is 13.5. The minimum atomic E-state index is -1.61. The lowest BCUT2D eigenvalue weighted by Gasteiger charge is -2.23. The van der Waals surface area contributed by atoms with Crippen molar-refractivity contribution in [2.75, 3.05) is 0 Å². The molecule has 0 spiro atoms. The highest BCUT2D eigenvalue weighted by molar-refractivity contribution is 5.93. The Labute approximate surface area is 176 Å². The predicted molar refractivity (Wildman–Crippen MR) is 99.7 cm³/mol. The van der Waals surface area contributed by atoms with Gasteiger partial charge in [0.15, 0.2) is 0 Å². The Morgan fingerprint density at radius 3 is 1.23 bits per heavy atom. The molecule has 0 heterocycles. The van der Waals surface area contributed by atoms with Crippen molar-refractivity contribution in [3.8, 4) is 0 Å². The highest BCUT2D eigenvalue weighted by atomic mass is 16.4. The lowest BCUT2D eigenvalue weighted by atomic mass is 10.1. The van der Waals surface area contributed by atoms with E-state index in [1.165, 1.54) is 0 Å². The van der Waals surface area contributed by atoms with Gasteiger partial charge in [0.05, 0.1) is 0 Å². The Kier molecular flexibility index (Phi) is 11.9. The molecule has 0 aliphatic carbocycles. The van der Waals surface area contributed by atoms with Crippen LogP contribution in [0.3, 0.4) is 0 Å². The normalized spacial score (nSPS) is 13.2. The van der Waals surface area contributed by atoms with Crippen LogP contribution in [0.1, 0.15) is 45.4 Å². The third-order valence-corrected chi connectivity index (χ3v) is 3.88. The molecule has 0 saturated carbocycles. The standard InChI is InChI=1S/C17H25N3O11/c1-8(21)18-9(2-5-12(22)23)15(28)19-10(3-6-13(24)25)16(29)20-11(17(30)31)4-7-14(26)27/h9-11H,2-7H2,1H3,(H,18,21)(H,19,28)(H,20,29)(H,22,23)(H,24,25)(H,26,27)(H,30,31). The molecule has 3 atom stereocenters. The molecule has 0 rings (SSSR count). The zero-order chi connectivity index (χ0) is 24.1. The summed E-state index contributed by atoms with van der Waals surface area (Å²) in [6, 6.07) is -4.47. The molecular weight excluding hydrogens is 422 g/mol. The van der Waals surface area contributed by atoms with E-state index in [9.17, 15) is 33.6 Å². The van der Waals surface area contributed by atoms with E-state index in [0.29, 0.717) is 0 Å². The SMILES string of the molecule is CC(=O)NC(CCC(=O)O)C(=O)NC(CCC(=O)O)C(=O)NC(CCC(=O)O)C(=O)O. The topological polar surface area (TPSA) is 236 Å². The van der Waals surface area contributed by atoms with E-state index < -0.39 is 91.8 Å². The molecule has 0 bridgehead atoms. The number of carboxylic acid groups (broad SMARTS) is 4. The summed E-state index contributed by atoms with van der Waals surface area (Å²) < 4.78 is 0. The van der Waals surface area contributed by atoms with Crippen LogP contribution in [-0.4, -0.2) is 80.2 Å². The zero-order valence-electron chi connectivity index (χ0n) is 16.6. The molecule has 0 radical (unpaired) electrons. The van der Waals surface area contributed by atoms with Gasteiger partial charge in [-0.2, -0.15) is 0 Å². The molecule has 3 unspecified atom stereocenters. The van der Waals surface area contributed by atoms with Crippen molar-refractivity contribution in [3.05, 3.63) is 0 Å². The summed E-state index contributed by atoms with van der Waals surface area (Å²) in [5, 5.41) is 41.8. The van der Waals surface area contributed by atoms with Gasteiger partial charge in [-0.1, -0.05) is 0 Å². The number of carbonyl (C=O) groups is 7. The van der Waals surface area contributed by atoms with Gasteiger partial charge in [-0.05, 0) is 19.3 Å². The smallest absolute Gasteiger partial charge is 0.326 e. The van der Waals surface area contributed by atoms with E-state index >= 15 is 0 Å². The van der Waals surface area contributed by atoms with Crippen LogP contribution in [0.5, 0.6) is 0 Å². The van der Waals surface area contributed by atoms with Crippen molar-refractivity contribution in [1.29, 1.82) is 0 Å². The average molecular weight is 447 g/mol. The van der Waals surface area contributed by atoms with Crippen LogP contribution in [-0.2, 0) is 33.6 Å². The Hall–Kier alpha value is -3.71. The summed E-state index contributed by atoms with van der Waals surface area (Å²) >= 11 is 0. The molecule has 0 fully saturated rings. The van der Waals surface area contributed by atoms with E-state index in [1.807, 2.05) is 5.32 Å². The van der Waals surface area contributed by atoms with Crippen molar-refractivity contribution >= 4 is 41.6 Å². The maximum atomic E-state index is 12.5. The number of aliphatic carboxylic acids is 4. The van der Waals surface area contributed by atoms with Crippen molar-refractivity contribution in [3.63, 3.8) is 0 Å². The fraction of sp³-hybridized carbons (Fsp3) is 0.588. The molecule has 14 nitrogen and oxygen atoms in total. The molecular formula is C17H25N3O11. The lowest BCUT2D eigenvalue weighted by molar-refractivity contribution is -0.144. The van der Waals surface area contributed by atoms with Crippen LogP contribution in [0.25, 0.3) is 0 Å². The maximum absolute atomic E-state index is 12.5. The predicted octanol–water partition coefficient (Wildman–Crippen LogP) is -1.86. The third-order valence-electron chi connectivity index (χ3n) is 3.88. The van der Waals surface area contributed by atoms with Crippen LogP contribution in [0.2, 0.25) is 0 Å². The Bertz CT molecular complexity index is 722. The average Bonchev–Trinajstić information content (AvgIpc) is 2.63. The molecule has 31 heavy (non-hydrogen) atoms. The molecule has 7 N–H and O–H groups in total. The Morgan fingerprint density at radius 2 is 0.903 bits per heavy atom. The van der Waals surface area contributed by atoms with Crippen LogP contribution in [0, 0.1) is 0 Å². The van der Waals surface area contributed by atoms with E-state index in [0.717, 1.165) is 6.92 Å². The fourth-order valence-electron chi connectivity index (χ4n) is 2.39. The van der Waals surface area contributed by atoms with Gasteiger partial charge in [0.2, 0.25) is 17.7 Å². The molecule has 174 valence electrons. The first kappa shape index (κ1) is 27.3. The molecule has 0 saturated heterocycles. The lowest BCUT2D eigenvalue weighted by Crippen LogP contribution is -2.55. The van der Waals surface area contributed by atoms with E-state index in [2.05, 4.69) is 10.6 Å². The quantitative estimate of drug-likeness (QED) is 0.147. The first-order valence-corrected chi connectivity index (χ1v) is 9.09. The van der Waals surface area contributed by atoms with E-state index in [-0.39, 0.29) is 6.42 Å². The first-order chi connectivity index (χ1) is 14.3. The molecule has 0 aromatic heterocycles. The second-order valence-electron chi connectivity index (χ2n) is 6.51. The Balaban J connectivity index is 5.41. The minimum absolute atomic E-state index is 0.315. The van der Waals surface area contributed by atoms with Crippen LogP contribution >= 0.6 is 0 Å². The van der Waals surface area contributed by atoms with Gasteiger partial charge >= 0.3 is 23.9 Å². The molecule has 0 aliphatic rings. The van der Waals surface area contributed by atoms with Gasteiger partial charge in [0.1, 0.15) is 18.1 Å². The van der Waals surface area contributed by atoms with Crippen molar-refractivity contribution in [1.82, 2.24) is 16.0 Å². The molecule has 0 aliphatic heterocycles. The van der Waals surface area contributed by atoms with Crippen LogP contribution in [0.15, 0.2) is 0 Å². The van der Waals surface area contributed by atoms with Crippen molar-refractivity contribution in [2.45, 2.75) is 63.6 Å². The van der Waals surface area contributed by atoms with Crippen LogP contribution < -0.4 is 16.0 Å². The van der Waals surface area contributed by atoms with Gasteiger partial charge in [0, 0.05) is 26.2 Å². The molecule has 3 amide bonds. The summed E-state index contributed by atoms with van der Waals surface area (Å²) in [5.41, 5.74) is 0. The maximum Gasteiger partial charge on any atom is 0.326 e. The summed E-state index contributed by atoms with van der Waals surface area (Å²) in [6.45, 7) is 1.08. The van der Waals surface area contributed by atoms with Crippen molar-refractivity contribution < 1.29 is 54.0 Å². The highest BCUT2D eigenvalue weighted by Gasteiger charge is 2.30. The number of nitrogens with one attached hydrogen (secondary N) is 3. The zero-order valence-corrected chi connectivity index (χ0v) is 16.6. The molecule has 14 heteroatoms. The highest BCUT2D eigenvalue weighted by Crippen LogP contribution is 2.05. The summed E-state index contributed by atoms with van der Waals surface area (Å²) in [4.78, 5) is 79.6. The Morgan fingerprint density at radius 1 is 0.581 bits per heavy atom. The van der Waals surface area contributed by atoms with E-state index in [1.54, 1.807) is 0 Å². The van der Waals surface area contributed by atoms with Gasteiger partial charge < -0.3 is 36.4 Å². The molecule has 0 aromatic rings. The van der Waals surface area contributed by atoms with Crippen LogP contribution in [0.4, 0.5) is 0 Å². The van der Waals surface area contributed by atoms with Gasteiger partial charge in [-0.25, -0.2) is 4.79 Å². The number of amides is 3. The molecule has 0 aromatic carbocycles. The summed E-state index contributed by atoms with van der Waals surface area (Å²) in [5.74, 6) is -8.09. The summed E-state index contributed by atoms with van der Waals surface area (Å²) in [7, 11) is 0. The number of hydrogen-bond donors (Lipinski definition) is 7. The minimum Gasteiger partial charge on any atom is -0.481 e. The van der Waals surface area contributed by atoms with Gasteiger partial charge in [0.25, 0.3) is 0 Å². The summed E-state index contributed by atoms with van der Waals surface area (Å²) in [6.07, 6.45) is -2.84. The number of rotatable bonds is 15. The largest absolute Gasteiger partial charge is 0.481 e. The number of hydrogen-bond acceptors (Lipinski definition) is 7. The van der Waals surface area contributed by atoms with Gasteiger partial charge in [-0.3, -0.25) is 28.8 Å². The monoisotopic (exact) mass is 447 g/mol. The van der Waals surface area contributed by atoms with E-state index in [4.69, 9.17) is 20.4 Å². The first-order valence-electron chi connectivity index (χ1n) is 9.09. The van der Waals surface area contributed by atoms with Crippen molar-refractivity contribution in [2.24, 2.45) is 0 Å². The fourth-order valence-corrected chi connectivity index (χ4v) is 2.39. The number of carbonyl (C=O) groups excluding carboxylic acids is 3. The van der Waals surface area contributed by atoms with Gasteiger partial charge in [-0.15, -0.1) is 0 Å².